The van der Waals surface area contributed by atoms with Crippen LogP contribution >= 0.6 is 11.6 Å². The number of carbonyl (C=O) groups is 1. The van der Waals surface area contributed by atoms with Crippen LogP contribution in [0.4, 0.5) is 22.0 Å². The molecular formula is C14H8ClF5N2O. The predicted molar refractivity (Wildman–Crippen MR) is 71.8 cm³/mol. The maximum Gasteiger partial charge on any atom is 0.417 e. The normalized spacial score (nSPS) is 11.4. The fourth-order valence-electron chi connectivity index (χ4n) is 1.69. The fraction of sp³-hybridized carbons (Fsp3) is 0.143. The molecule has 0 radical (unpaired) electrons. The van der Waals surface area contributed by atoms with Crippen molar-refractivity contribution in [2.45, 2.75) is 12.7 Å². The molecule has 1 N–H and O–H groups in total. The summed E-state index contributed by atoms with van der Waals surface area (Å²) in [5.41, 5.74) is -1.36. The number of aromatic nitrogens is 1. The summed E-state index contributed by atoms with van der Waals surface area (Å²) in [6.45, 7) is -0.220. The second-order valence-electron chi connectivity index (χ2n) is 4.49. The molecule has 0 bridgehead atoms. The minimum Gasteiger partial charge on any atom is -0.348 e. The van der Waals surface area contributed by atoms with E-state index in [0.717, 1.165) is 12.1 Å². The largest absolute Gasteiger partial charge is 0.417 e. The minimum absolute atomic E-state index is 0.220. The standard InChI is InChI=1S/C14H8ClF5N2O/c15-12-9(4-8(6-21-12)14(18,19)20)13(23)22-5-7-1-2-10(16)11(17)3-7/h1-4,6H,5H2,(H,22,23). The zero-order chi connectivity index (χ0) is 17.2. The van der Waals surface area contributed by atoms with Gasteiger partial charge in [-0.2, -0.15) is 13.2 Å². The molecule has 0 aliphatic heterocycles. The average Bonchev–Trinajstić information content (AvgIpc) is 2.47. The van der Waals surface area contributed by atoms with Crippen LogP contribution in [-0.4, -0.2) is 10.9 Å². The molecule has 2 aromatic rings. The van der Waals surface area contributed by atoms with Crippen LogP contribution in [0.25, 0.3) is 0 Å². The van der Waals surface area contributed by atoms with Crippen molar-refractivity contribution in [2.24, 2.45) is 0 Å². The van der Waals surface area contributed by atoms with Gasteiger partial charge in [0.15, 0.2) is 11.6 Å². The average molecular weight is 351 g/mol. The number of hydrogen-bond donors (Lipinski definition) is 1. The van der Waals surface area contributed by atoms with Crippen molar-refractivity contribution >= 4 is 17.5 Å². The zero-order valence-electron chi connectivity index (χ0n) is 11.2. The highest BCUT2D eigenvalue weighted by molar-refractivity contribution is 6.32. The molecule has 0 unspecified atom stereocenters. The van der Waals surface area contributed by atoms with Gasteiger partial charge in [0.1, 0.15) is 5.15 Å². The van der Waals surface area contributed by atoms with Crippen molar-refractivity contribution in [3.05, 3.63) is 63.9 Å². The van der Waals surface area contributed by atoms with Gasteiger partial charge in [0, 0.05) is 12.7 Å². The van der Waals surface area contributed by atoms with Crippen LogP contribution < -0.4 is 5.32 Å². The molecule has 122 valence electrons. The van der Waals surface area contributed by atoms with E-state index in [0.29, 0.717) is 12.3 Å². The third-order valence-corrected chi connectivity index (χ3v) is 3.15. The smallest absolute Gasteiger partial charge is 0.348 e. The number of nitrogens with zero attached hydrogens (tertiary/aromatic N) is 1. The number of halogens is 6. The van der Waals surface area contributed by atoms with Crippen molar-refractivity contribution in [1.29, 1.82) is 0 Å². The quantitative estimate of drug-likeness (QED) is 0.672. The maximum absolute atomic E-state index is 13.0. The molecule has 23 heavy (non-hydrogen) atoms. The summed E-state index contributed by atoms with van der Waals surface area (Å²) in [6.07, 6.45) is -4.17. The Morgan fingerprint density at radius 1 is 1.17 bits per heavy atom. The Balaban J connectivity index is 2.15. The van der Waals surface area contributed by atoms with E-state index in [2.05, 4.69) is 10.3 Å². The molecule has 0 aliphatic rings. The Hall–Kier alpha value is -2.22. The van der Waals surface area contributed by atoms with Gasteiger partial charge in [-0.15, -0.1) is 0 Å². The summed E-state index contributed by atoms with van der Waals surface area (Å²) < 4.78 is 63.6. The number of pyridine rings is 1. The van der Waals surface area contributed by atoms with Crippen LogP contribution in [-0.2, 0) is 12.7 Å². The summed E-state index contributed by atoms with van der Waals surface area (Å²) in [4.78, 5) is 15.2. The lowest BCUT2D eigenvalue weighted by Gasteiger charge is -2.10. The Kier molecular flexibility index (Phi) is 4.84. The first-order chi connectivity index (χ1) is 10.7. The number of nitrogens with one attached hydrogen (secondary N) is 1. The number of rotatable bonds is 3. The van der Waals surface area contributed by atoms with Crippen LogP contribution in [0, 0.1) is 11.6 Å². The van der Waals surface area contributed by atoms with Gasteiger partial charge in [0.05, 0.1) is 11.1 Å². The van der Waals surface area contributed by atoms with Crippen LogP contribution in [0.5, 0.6) is 0 Å². The first-order valence-electron chi connectivity index (χ1n) is 6.13. The van der Waals surface area contributed by atoms with Crippen LogP contribution in [0.3, 0.4) is 0 Å². The molecule has 9 heteroatoms. The molecule has 1 amide bonds. The fourth-order valence-corrected chi connectivity index (χ4v) is 1.88. The van der Waals surface area contributed by atoms with Crippen LogP contribution in [0.1, 0.15) is 21.5 Å². The number of alkyl halides is 3. The minimum atomic E-state index is -4.67. The molecule has 0 spiro atoms. The highest BCUT2D eigenvalue weighted by Crippen LogP contribution is 2.30. The second-order valence-corrected chi connectivity index (χ2v) is 4.85. The molecule has 0 aliphatic carbocycles. The van der Waals surface area contributed by atoms with Crippen LogP contribution in [0.15, 0.2) is 30.5 Å². The molecule has 0 saturated carbocycles. The van der Waals surface area contributed by atoms with Gasteiger partial charge >= 0.3 is 6.18 Å². The molecular weight excluding hydrogens is 343 g/mol. The van der Waals surface area contributed by atoms with Crippen molar-refractivity contribution in [1.82, 2.24) is 10.3 Å². The highest BCUT2D eigenvalue weighted by Gasteiger charge is 2.32. The number of carbonyl (C=O) groups excluding carboxylic acids is 1. The molecule has 2 rings (SSSR count). The van der Waals surface area contributed by atoms with Gasteiger partial charge in [0.25, 0.3) is 5.91 Å². The molecule has 1 heterocycles. The molecule has 1 aromatic heterocycles. The van der Waals surface area contributed by atoms with Crippen molar-refractivity contribution in [2.75, 3.05) is 0 Å². The van der Waals surface area contributed by atoms with Gasteiger partial charge in [0.2, 0.25) is 0 Å². The van der Waals surface area contributed by atoms with E-state index in [9.17, 15) is 26.7 Å². The molecule has 0 fully saturated rings. The predicted octanol–water partition coefficient (Wildman–Crippen LogP) is 3.96. The van der Waals surface area contributed by atoms with E-state index < -0.39 is 40.0 Å². The molecule has 0 atom stereocenters. The van der Waals surface area contributed by atoms with Crippen LogP contribution in [0.2, 0.25) is 5.15 Å². The van der Waals surface area contributed by atoms with Gasteiger partial charge < -0.3 is 5.32 Å². The summed E-state index contributed by atoms with van der Waals surface area (Å²) in [7, 11) is 0. The Morgan fingerprint density at radius 2 is 1.87 bits per heavy atom. The lowest BCUT2D eigenvalue weighted by molar-refractivity contribution is -0.137. The van der Waals surface area contributed by atoms with E-state index >= 15 is 0 Å². The highest BCUT2D eigenvalue weighted by atomic mass is 35.5. The topological polar surface area (TPSA) is 42.0 Å². The van der Waals surface area contributed by atoms with E-state index in [-0.39, 0.29) is 12.1 Å². The third-order valence-electron chi connectivity index (χ3n) is 2.85. The molecule has 0 saturated heterocycles. The summed E-state index contributed by atoms with van der Waals surface area (Å²) >= 11 is 5.62. The summed E-state index contributed by atoms with van der Waals surface area (Å²) in [6, 6.07) is 3.53. The lowest BCUT2D eigenvalue weighted by atomic mass is 10.1. The first-order valence-corrected chi connectivity index (χ1v) is 6.51. The van der Waals surface area contributed by atoms with Gasteiger partial charge in [-0.3, -0.25) is 4.79 Å². The van der Waals surface area contributed by atoms with Crippen molar-refractivity contribution < 1.29 is 26.7 Å². The summed E-state index contributed by atoms with van der Waals surface area (Å²) in [5, 5.41) is 1.86. The van der Waals surface area contributed by atoms with Gasteiger partial charge in [-0.25, -0.2) is 13.8 Å². The lowest BCUT2D eigenvalue weighted by Crippen LogP contribution is -2.24. The van der Waals surface area contributed by atoms with Gasteiger partial charge in [-0.1, -0.05) is 17.7 Å². The number of amides is 1. The first kappa shape index (κ1) is 17.1. The molecule has 1 aromatic carbocycles. The van der Waals surface area contributed by atoms with E-state index in [1.54, 1.807) is 0 Å². The Morgan fingerprint density at radius 3 is 2.48 bits per heavy atom. The zero-order valence-corrected chi connectivity index (χ0v) is 12.0. The second kappa shape index (κ2) is 6.49. The number of benzene rings is 1. The Bertz CT molecular complexity index is 748. The van der Waals surface area contributed by atoms with E-state index in [1.165, 1.54) is 6.07 Å². The Labute approximate surface area is 132 Å². The van der Waals surface area contributed by atoms with Crippen molar-refractivity contribution in [3.8, 4) is 0 Å². The van der Waals surface area contributed by atoms with E-state index in [4.69, 9.17) is 11.6 Å². The third kappa shape index (κ3) is 4.16. The maximum atomic E-state index is 13.0. The number of hydrogen-bond acceptors (Lipinski definition) is 2. The van der Waals surface area contributed by atoms with Gasteiger partial charge in [-0.05, 0) is 23.8 Å². The molecule has 3 nitrogen and oxygen atoms in total. The summed E-state index contributed by atoms with van der Waals surface area (Å²) in [5.74, 6) is -3.07. The SMILES string of the molecule is O=C(NCc1ccc(F)c(F)c1)c1cc(C(F)(F)F)cnc1Cl. The monoisotopic (exact) mass is 350 g/mol. The van der Waals surface area contributed by atoms with E-state index in [1.807, 2.05) is 0 Å². The van der Waals surface area contributed by atoms with Crippen molar-refractivity contribution in [3.63, 3.8) is 0 Å².